The van der Waals surface area contributed by atoms with Crippen LogP contribution in [-0.4, -0.2) is 85.5 Å². The number of piperazine rings is 1. The molecule has 262 valence electrons. The third-order valence-corrected chi connectivity index (χ3v) is 9.12. The number of anilines is 3. The number of nitrogens with zero attached hydrogens (tertiary/aromatic N) is 3. The first kappa shape index (κ1) is 36.2. The van der Waals surface area contributed by atoms with E-state index in [1.54, 1.807) is 18.2 Å². The van der Waals surface area contributed by atoms with Crippen molar-refractivity contribution < 1.29 is 43.0 Å². The van der Waals surface area contributed by atoms with Crippen molar-refractivity contribution in [3.8, 4) is 5.75 Å². The van der Waals surface area contributed by atoms with Gasteiger partial charge in [0.05, 0.1) is 37.5 Å². The van der Waals surface area contributed by atoms with E-state index in [-0.39, 0.29) is 56.0 Å². The number of ether oxygens (including phenoxy) is 3. The second-order valence-corrected chi connectivity index (χ2v) is 12.6. The van der Waals surface area contributed by atoms with Crippen LogP contribution in [0.1, 0.15) is 45.6 Å². The Labute approximate surface area is 278 Å². The zero-order valence-electron chi connectivity index (χ0n) is 27.9. The first-order valence-electron chi connectivity index (χ1n) is 16.0. The van der Waals surface area contributed by atoms with Crippen LogP contribution in [-0.2, 0) is 25.6 Å². The van der Waals surface area contributed by atoms with Crippen molar-refractivity contribution in [1.29, 1.82) is 0 Å². The highest BCUT2D eigenvalue weighted by Gasteiger charge is 2.39. The average Bonchev–Trinajstić information content (AvgIpc) is 3.06. The Balaban J connectivity index is 1.51. The average molecular weight is 674 g/mol. The molecule has 1 heterocycles. The van der Waals surface area contributed by atoms with Crippen LogP contribution in [0.15, 0.2) is 30.3 Å². The van der Waals surface area contributed by atoms with Crippen molar-refractivity contribution in [2.24, 2.45) is 17.8 Å². The van der Waals surface area contributed by atoms with Gasteiger partial charge in [-0.3, -0.25) is 14.9 Å². The fourth-order valence-corrected chi connectivity index (χ4v) is 6.56. The number of methoxy groups -OCH3 is 2. The van der Waals surface area contributed by atoms with Crippen LogP contribution in [0, 0.1) is 33.7 Å². The fraction of sp³-hybridized carbons (Fsp3) is 0.545. The standard InChI is InChI=1S/C33H44FN5O9/c1-19(2)22-8-6-20(3)14-28(22)48-18-30(40)36-25-10-7-21(15-29(25)46-4)35-16-23-24(34)9-11-26(39(44)45)31(23)38-13-12-37(33(43)47-5)17-27(38)32(41)42/h7,9-11,15,19-20,22,27-28,35H,6,8,12-14,16-18H2,1-5H3,(H,36,40)(H,41,42). The Hall–Kier alpha value is -4.66. The maximum atomic E-state index is 15.4. The number of nitro groups is 1. The van der Waals surface area contributed by atoms with E-state index in [1.807, 2.05) is 0 Å². The number of carbonyl (C=O) groups excluding carboxylic acids is 2. The predicted molar refractivity (Wildman–Crippen MR) is 176 cm³/mol. The topological polar surface area (TPSA) is 173 Å². The fourth-order valence-electron chi connectivity index (χ4n) is 6.56. The van der Waals surface area contributed by atoms with Crippen molar-refractivity contribution in [2.75, 3.05) is 56.0 Å². The number of nitrogens with one attached hydrogen (secondary N) is 2. The van der Waals surface area contributed by atoms with Crippen LogP contribution < -0.4 is 20.3 Å². The van der Waals surface area contributed by atoms with E-state index in [0.717, 1.165) is 38.5 Å². The number of rotatable bonds is 12. The maximum absolute atomic E-state index is 15.4. The summed E-state index contributed by atoms with van der Waals surface area (Å²) in [5, 5.41) is 27.9. The first-order chi connectivity index (χ1) is 22.8. The molecule has 15 heteroatoms. The van der Waals surface area contributed by atoms with Crippen LogP contribution in [0.2, 0.25) is 0 Å². The number of amides is 2. The van der Waals surface area contributed by atoms with Gasteiger partial charge in [0, 0.05) is 43.0 Å². The van der Waals surface area contributed by atoms with Crippen LogP contribution in [0.25, 0.3) is 0 Å². The van der Waals surface area contributed by atoms with Crippen molar-refractivity contribution in [3.63, 3.8) is 0 Å². The molecule has 1 saturated heterocycles. The molecule has 0 spiro atoms. The van der Waals surface area contributed by atoms with Gasteiger partial charge in [0.2, 0.25) is 5.91 Å². The normalized spacial score (nSPS) is 21.1. The molecule has 1 aliphatic heterocycles. The first-order valence-corrected chi connectivity index (χ1v) is 16.0. The van der Waals surface area contributed by atoms with Gasteiger partial charge < -0.3 is 39.8 Å². The minimum absolute atomic E-state index is 0.00446. The van der Waals surface area contributed by atoms with Crippen molar-refractivity contribution in [2.45, 2.75) is 58.7 Å². The van der Waals surface area contributed by atoms with Gasteiger partial charge in [-0.15, -0.1) is 0 Å². The second kappa shape index (κ2) is 16.0. The monoisotopic (exact) mass is 673 g/mol. The lowest BCUT2D eigenvalue weighted by Crippen LogP contribution is -2.58. The highest BCUT2D eigenvalue weighted by atomic mass is 19.1. The molecule has 2 aromatic rings. The second-order valence-electron chi connectivity index (χ2n) is 12.6. The van der Waals surface area contributed by atoms with E-state index >= 15 is 4.39 Å². The summed E-state index contributed by atoms with van der Waals surface area (Å²) in [7, 11) is 2.59. The number of hydrogen-bond donors (Lipinski definition) is 3. The van der Waals surface area contributed by atoms with Crippen LogP contribution in [0.3, 0.4) is 0 Å². The molecule has 0 radical (unpaired) electrons. The number of carboxylic acid groups (broad SMARTS) is 1. The number of benzene rings is 2. The summed E-state index contributed by atoms with van der Waals surface area (Å²) in [6.45, 7) is 5.74. The number of nitro benzene ring substituents is 1. The largest absolute Gasteiger partial charge is 0.494 e. The zero-order valence-corrected chi connectivity index (χ0v) is 27.9. The Kier molecular flexibility index (Phi) is 12.0. The smallest absolute Gasteiger partial charge is 0.409 e. The Bertz CT molecular complexity index is 1510. The van der Waals surface area contributed by atoms with E-state index in [1.165, 1.54) is 16.9 Å². The molecular weight excluding hydrogens is 629 g/mol. The summed E-state index contributed by atoms with van der Waals surface area (Å²) in [5.74, 6) is -0.775. The summed E-state index contributed by atoms with van der Waals surface area (Å²) in [6.07, 6.45) is 2.40. The summed E-state index contributed by atoms with van der Waals surface area (Å²) < 4.78 is 31.7. The van der Waals surface area contributed by atoms with E-state index in [2.05, 4.69) is 31.4 Å². The summed E-state index contributed by atoms with van der Waals surface area (Å²) in [4.78, 5) is 51.0. The van der Waals surface area contributed by atoms with Gasteiger partial charge in [-0.05, 0) is 48.8 Å². The third-order valence-electron chi connectivity index (χ3n) is 9.12. The van der Waals surface area contributed by atoms with Crippen LogP contribution >= 0.6 is 0 Å². The number of halogens is 1. The minimum atomic E-state index is -1.40. The van der Waals surface area contributed by atoms with Gasteiger partial charge in [0.25, 0.3) is 5.69 Å². The molecule has 2 fully saturated rings. The van der Waals surface area contributed by atoms with Gasteiger partial charge in [-0.1, -0.05) is 27.2 Å². The molecule has 1 aliphatic carbocycles. The third kappa shape index (κ3) is 8.43. The Morgan fingerprint density at radius 2 is 1.90 bits per heavy atom. The minimum Gasteiger partial charge on any atom is -0.494 e. The molecule has 2 amide bonds. The lowest BCUT2D eigenvalue weighted by Gasteiger charge is -2.40. The van der Waals surface area contributed by atoms with Crippen molar-refractivity contribution in [3.05, 3.63) is 51.8 Å². The molecular formula is C33H44FN5O9. The highest BCUT2D eigenvalue weighted by Crippen LogP contribution is 2.38. The molecule has 0 aromatic heterocycles. The van der Waals surface area contributed by atoms with E-state index in [4.69, 9.17) is 14.2 Å². The van der Waals surface area contributed by atoms with E-state index < -0.39 is 34.5 Å². The number of aliphatic carboxylic acids is 1. The highest BCUT2D eigenvalue weighted by molar-refractivity contribution is 5.93. The van der Waals surface area contributed by atoms with E-state index in [0.29, 0.717) is 34.9 Å². The summed E-state index contributed by atoms with van der Waals surface area (Å²) in [6, 6.07) is 5.36. The lowest BCUT2D eigenvalue weighted by molar-refractivity contribution is -0.384. The van der Waals surface area contributed by atoms with Gasteiger partial charge in [0.15, 0.2) is 0 Å². The van der Waals surface area contributed by atoms with Crippen LogP contribution in [0.4, 0.5) is 31.9 Å². The predicted octanol–water partition coefficient (Wildman–Crippen LogP) is 5.11. The summed E-state index contributed by atoms with van der Waals surface area (Å²) >= 11 is 0. The lowest BCUT2D eigenvalue weighted by atomic mass is 9.75. The molecule has 4 atom stereocenters. The Morgan fingerprint density at radius 3 is 2.54 bits per heavy atom. The molecule has 0 bridgehead atoms. The zero-order chi connectivity index (χ0) is 35.1. The van der Waals surface area contributed by atoms with Gasteiger partial charge in [0.1, 0.15) is 29.9 Å². The number of hydrogen-bond acceptors (Lipinski definition) is 10. The SMILES string of the molecule is COC(=O)N1CCN(c2c([N+](=O)[O-])ccc(F)c2CNc2ccc(NC(=O)COC3CC(C)CCC3C(C)C)c(OC)c2)C(C(=O)O)C1. The van der Waals surface area contributed by atoms with Gasteiger partial charge in [-0.2, -0.15) is 0 Å². The molecule has 2 aliphatic rings. The quantitative estimate of drug-likeness (QED) is 0.202. The van der Waals surface area contributed by atoms with Gasteiger partial charge in [-0.25, -0.2) is 14.0 Å². The molecule has 48 heavy (non-hydrogen) atoms. The van der Waals surface area contributed by atoms with Gasteiger partial charge >= 0.3 is 12.1 Å². The number of carboxylic acids is 1. The molecule has 14 nitrogen and oxygen atoms in total. The van der Waals surface area contributed by atoms with Crippen LogP contribution in [0.5, 0.6) is 5.75 Å². The van der Waals surface area contributed by atoms with Crippen molar-refractivity contribution >= 4 is 40.7 Å². The Morgan fingerprint density at radius 1 is 1.15 bits per heavy atom. The summed E-state index contributed by atoms with van der Waals surface area (Å²) in [5.41, 5.74) is 0.0223. The van der Waals surface area contributed by atoms with Crippen molar-refractivity contribution in [1.82, 2.24) is 4.90 Å². The molecule has 2 aromatic carbocycles. The molecule has 3 N–H and O–H groups in total. The van der Waals surface area contributed by atoms with E-state index in [9.17, 15) is 29.6 Å². The number of carbonyl (C=O) groups is 3. The molecule has 4 unspecified atom stereocenters. The molecule has 1 saturated carbocycles. The maximum Gasteiger partial charge on any atom is 0.409 e. The molecule has 4 rings (SSSR count).